The van der Waals surface area contributed by atoms with E-state index in [0.29, 0.717) is 40.2 Å². The molecule has 1 saturated carbocycles. The van der Waals surface area contributed by atoms with Crippen molar-refractivity contribution in [3.63, 3.8) is 0 Å². The summed E-state index contributed by atoms with van der Waals surface area (Å²) >= 11 is 3.23. The lowest BCUT2D eigenvalue weighted by Crippen LogP contribution is -2.46. The van der Waals surface area contributed by atoms with Crippen molar-refractivity contribution in [1.82, 2.24) is 0 Å². The molecule has 3 fully saturated rings. The molecule has 0 aromatic heterocycles. The Hall–Kier alpha value is -3.45. The van der Waals surface area contributed by atoms with Gasteiger partial charge < -0.3 is 43.7 Å². The van der Waals surface area contributed by atoms with Gasteiger partial charge in [0, 0.05) is 5.56 Å². The number of aliphatic hydroxyl groups excluding tert-OH is 1. The van der Waals surface area contributed by atoms with E-state index in [1.54, 1.807) is 41.7 Å². The summed E-state index contributed by atoms with van der Waals surface area (Å²) in [4.78, 5) is 14.4. The van der Waals surface area contributed by atoms with Crippen molar-refractivity contribution in [3.8, 4) is 34.5 Å². The van der Waals surface area contributed by atoms with E-state index in [4.69, 9.17) is 28.4 Å². The van der Waals surface area contributed by atoms with Gasteiger partial charge in [0.25, 0.3) is 0 Å². The zero-order valence-electron chi connectivity index (χ0n) is 31.3. The Morgan fingerprint density at radius 3 is 2.23 bits per heavy atom. The minimum atomic E-state index is -1.38. The van der Waals surface area contributed by atoms with Crippen molar-refractivity contribution in [2.45, 2.75) is 75.6 Å². The highest BCUT2D eigenvalue weighted by Crippen LogP contribution is 2.65. The lowest BCUT2D eigenvalue weighted by Gasteiger charge is -2.46. The minimum Gasteiger partial charge on any atom is -0.504 e. The first-order chi connectivity index (χ1) is 25.5. The molecule has 0 radical (unpaired) electrons. The highest BCUT2D eigenvalue weighted by atomic mass is 32.2. The second kappa shape index (κ2) is 16.9. The number of hydrogen-bond donors (Lipinski definition) is 3. The maximum atomic E-state index is 14.4. The highest BCUT2D eigenvalue weighted by molar-refractivity contribution is 8.18. The van der Waals surface area contributed by atoms with E-state index < -0.39 is 40.0 Å². The number of aliphatic hydroxyl groups is 1. The molecule has 7 atom stereocenters. The Kier molecular flexibility index (Phi) is 12.5. The van der Waals surface area contributed by atoms with Gasteiger partial charge in [-0.1, -0.05) is 57.5 Å². The zero-order chi connectivity index (χ0) is 37.9. The maximum absolute atomic E-state index is 14.4. The molecule has 0 amide bonds. The van der Waals surface area contributed by atoms with Gasteiger partial charge >= 0.3 is 5.97 Å². The van der Waals surface area contributed by atoms with Crippen LogP contribution in [0.4, 0.5) is 0 Å². The number of carbonyl (C=O) groups excluding carboxylic acids is 1. The first-order valence-corrected chi connectivity index (χ1v) is 20.3. The smallest absolute Gasteiger partial charge is 0.314 e. The molecule has 0 spiro atoms. The molecular weight excluding hydrogens is 717 g/mol. The molecule has 4 unspecified atom stereocenters. The standard InChI is InChI=1S/C41H52O10S2/c1-23(2)27-14-13-24(3)19-30(27)50-40-34(41(52-17-10-18-53-41)28-15-16-29(42)36(44)37(28)48-6)33(39(45)51-40)35(43)26-20-31(46-4)38(32(21-26)47-5)49-22-25-11-8-7-9-12-25/h7-9,11-12,15-16,20-21,23-24,27,30,33-35,40,42-44H,10,13-14,17-19,22H2,1-6H3/t24?,27?,30?,33-,34+,35+,40?/m0/s1. The fourth-order valence-electron chi connectivity index (χ4n) is 8.15. The normalized spacial score (nSPS) is 26.2. The Bertz CT molecular complexity index is 1690. The quantitative estimate of drug-likeness (QED) is 0.115. The van der Waals surface area contributed by atoms with Crippen LogP contribution >= 0.6 is 23.5 Å². The number of esters is 1. The zero-order valence-corrected chi connectivity index (χ0v) is 32.9. The maximum Gasteiger partial charge on any atom is 0.314 e. The fourth-order valence-corrected chi connectivity index (χ4v) is 11.9. The van der Waals surface area contributed by atoms with Crippen LogP contribution in [0.15, 0.2) is 54.6 Å². The summed E-state index contributed by atoms with van der Waals surface area (Å²) in [6.45, 7) is 6.90. The largest absolute Gasteiger partial charge is 0.504 e. The molecule has 3 aromatic rings. The number of thioether (sulfide) groups is 2. The topological polar surface area (TPSA) is 133 Å². The Balaban J connectivity index is 1.46. The van der Waals surface area contributed by atoms with Gasteiger partial charge in [-0.05, 0) is 83.9 Å². The summed E-state index contributed by atoms with van der Waals surface area (Å²) < 4.78 is 35.8. The average Bonchev–Trinajstić information content (AvgIpc) is 3.50. The molecule has 3 aromatic carbocycles. The van der Waals surface area contributed by atoms with Crippen LogP contribution in [0.1, 0.15) is 69.2 Å². The van der Waals surface area contributed by atoms with Crippen LogP contribution in [0, 0.1) is 29.6 Å². The van der Waals surface area contributed by atoms with E-state index >= 15 is 0 Å². The van der Waals surface area contributed by atoms with E-state index in [1.165, 1.54) is 27.4 Å². The van der Waals surface area contributed by atoms with Gasteiger partial charge in [0.2, 0.25) is 17.8 Å². The SMILES string of the molecule is COc1cc([C@@H](O)[C@H]2C(=O)OC(OC3CC(C)CCC3C(C)C)[C@@H]2C2(c3ccc(O)c(O)c3OC)SCCCS2)cc(OC)c1OCc1ccccc1. The number of rotatable bonds is 13. The van der Waals surface area contributed by atoms with Crippen molar-refractivity contribution < 1.29 is 48.5 Å². The van der Waals surface area contributed by atoms with E-state index in [0.717, 1.165) is 42.8 Å². The van der Waals surface area contributed by atoms with Crippen molar-refractivity contribution in [1.29, 1.82) is 0 Å². The van der Waals surface area contributed by atoms with Gasteiger partial charge in [-0.3, -0.25) is 4.79 Å². The van der Waals surface area contributed by atoms with E-state index in [-0.39, 0.29) is 30.1 Å². The summed E-state index contributed by atoms with van der Waals surface area (Å²) in [5.74, 6) is 0.515. The summed E-state index contributed by atoms with van der Waals surface area (Å²) in [5, 5.41) is 34.1. The molecule has 10 nitrogen and oxygen atoms in total. The molecule has 2 aliphatic heterocycles. The van der Waals surface area contributed by atoms with E-state index in [9.17, 15) is 20.1 Å². The summed E-state index contributed by atoms with van der Waals surface area (Å²) in [6, 6.07) is 16.2. The van der Waals surface area contributed by atoms with Crippen LogP contribution in [0.3, 0.4) is 0 Å². The molecule has 288 valence electrons. The molecule has 2 heterocycles. The van der Waals surface area contributed by atoms with Crippen LogP contribution < -0.4 is 18.9 Å². The molecule has 2 saturated heterocycles. The predicted molar refractivity (Wildman–Crippen MR) is 206 cm³/mol. The third-order valence-corrected chi connectivity index (χ3v) is 14.4. The molecule has 12 heteroatoms. The Morgan fingerprint density at radius 2 is 1.60 bits per heavy atom. The first kappa shape index (κ1) is 39.2. The summed E-state index contributed by atoms with van der Waals surface area (Å²) in [5.41, 5.74) is 1.92. The lowest BCUT2D eigenvalue weighted by molar-refractivity contribution is -0.197. The van der Waals surface area contributed by atoms with E-state index in [1.807, 2.05) is 30.3 Å². The molecule has 3 aliphatic rings. The monoisotopic (exact) mass is 768 g/mol. The Morgan fingerprint density at radius 1 is 0.925 bits per heavy atom. The second-order valence-electron chi connectivity index (χ2n) is 14.6. The van der Waals surface area contributed by atoms with Crippen LogP contribution in [0.5, 0.6) is 34.5 Å². The van der Waals surface area contributed by atoms with Crippen LogP contribution in [-0.2, 0) is 25.0 Å². The minimum absolute atomic E-state index is 0.104. The summed E-state index contributed by atoms with van der Waals surface area (Å²) in [6.07, 6.45) is 1.29. The molecule has 1 aliphatic carbocycles. The molecular formula is C41H52O10S2. The second-order valence-corrected chi connectivity index (χ2v) is 17.5. The van der Waals surface area contributed by atoms with Gasteiger partial charge in [0.05, 0.1) is 49.5 Å². The van der Waals surface area contributed by atoms with Gasteiger partial charge in [-0.15, -0.1) is 23.5 Å². The van der Waals surface area contributed by atoms with Crippen LogP contribution in [-0.4, -0.2) is 66.5 Å². The molecule has 53 heavy (non-hydrogen) atoms. The third kappa shape index (κ3) is 7.88. The van der Waals surface area contributed by atoms with Crippen molar-refractivity contribution in [3.05, 3.63) is 71.3 Å². The van der Waals surface area contributed by atoms with Gasteiger partial charge in [-0.25, -0.2) is 0 Å². The number of phenolic OH excluding ortho intramolecular Hbond substituents is 2. The first-order valence-electron chi connectivity index (χ1n) is 18.4. The number of hydrogen-bond acceptors (Lipinski definition) is 12. The highest BCUT2D eigenvalue weighted by Gasteiger charge is 2.62. The molecule has 0 bridgehead atoms. The Labute approximate surface area is 320 Å². The van der Waals surface area contributed by atoms with Gasteiger partial charge in [0.15, 0.2) is 23.0 Å². The van der Waals surface area contributed by atoms with E-state index in [2.05, 4.69) is 20.8 Å². The fraction of sp³-hybridized carbons (Fsp3) is 0.537. The number of phenols is 2. The van der Waals surface area contributed by atoms with Crippen LogP contribution in [0.2, 0.25) is 0 Å². The molecule has 6 rings (SSSR count). The van der Waals surface area contributed by atoms with Gasteiger partial charge in [0.1, 0.15) is 6.61 Å². The number of cyclic esters (lactones) is 1. The predicted octanol–water partition coefficient (Wildman–Crippen LogP) is 8.05. The number of ether oxygens (including phenoxy) is 6. The van der Waals surface area contributed by atoms with Crippen LogP contribution in [0.25, 0.3) is 0 Å². The number of carbonyl (C=O) groups is 1. The van der Waals surface area contributed by atoms with Crippen molar-refractivity contribution >= 4 is 29.5 Å². The van der Waals surface area contributed by atoms with Gasteiger partial charge in [-0.2, -0.15) is 0 Å². The summed E-state index contributed by atoms with van der Waals surface area (Å²) in [7, 11) is 4.47. The third-order valence-electron chi connectivity index (χ3n) is 10.9. The number of methoxy groups -OCH3 is 3. The number of benzene rings is 3. The van der Waals surface area contributed by atoms with Crippen molar-refractivity contribution in [2.75, 3.05) is 32.8 Å². The average molecular weight is 769 g/mol. The lowest BCUT2D eigenvalue weighted by atomic mass is 9.75. The number of aromatic hydroxyl groups is 2. The van der Waals surface area contributed by atoms with Crippen molar-refractivity contribution in [2.24, 2.45) is 29.6 Å². The molecule has 3 N–H and O–H groups in total.